The Hall–Kier alpha value is -0.880. The van der Waals surface area contributed by atoms with E-state index in [0.29, 0.717) is 11.5 Å². The summed E-state index contributed by atoms with van der Waals surface area (Å²) in [5.41, 5.74) is 3.70. The van der Waals surface area contributed by atoms with Gasteiger partial charge in [-0.25, -0.2) is 0 Å². The van der Waals surface area contributed by atoms with Crippen LogP contribution in [0.1, 0.15) is 73.5 Å². The van der Waals surface area contributed by atoms with Gasteiger partial charge in [0.1, 0.15) is 7.80 Å². The summed E-state index contributed by atoms with van der Waals surface area (Å²) in [7, 11) is -2.27. The third kappa shape index (κ3) is 5.09. The van der Waals surface area contributed by atoms with Crippen molar-refractivity contribution in [3.05, 3.63) is 34.4 Å². The normalized spacial score (nSPS) is 14.1. The fourth-order valence-electron chi connectivity index (χ4n) is 3.22. The monoisotopic (exact) mass is 322 g/mol. The van der Waals surface area contributed by atoms with Gasteiger partial charge in [-0.05, 0) is 50.7 Å². The molecule has 0 heterocycles. The zero-order chi connectivity index (χ0) is 16.9. The molecule has 2 unspecified atom stereocenters. The van der Waals surface area contributed by atoms with E-state index in [9.17, 15) is 9.36 Å². The predicted octanol–water partition coefficient (Wildman–Crippen LogP) is 5.92. The Balaban J connectivity index is 3.05. The Morgan fingerprint density at radius 1 is 1.14 bits per heavy atom. The van der Waals surface area contributed by atoms with E-state index in [4.69, 9.17) is 0 Å². The number of rotatable bonds is 8. The lowest BCUT2D eigenvalue weighted by molar-refractivity contribution is 0.107. The first kappa shape index (κ1) is 19.2. The van der Waals surface area contributed by atoms with E-state index in [2.05, 4.69) is 20.8 Å². The molecule has 0 amide bonds. The SMILES string of the molecule is CCCCC(CC(C)C)[PH](=O)C(=O)c1c(C)cc(C)cc1C. The Morgan fingerprint density at radius 2 is 1.68 bits per heavy atom. The van der Waals surface area contributed by atoms with Gasteiger partial charge in [-0.15, -0.1) is 0 Å². The standard InChI is InChI=1S/C19H31O2P/c1-7-8-9-17(10-13(2)3)22(21)19(20)18-15(5)11-14(4)12-16(18)6/h11-13,17,22H,7-10H2,1-6H3. The number of carbonyl (C=O) groups excluding carboxylic acids is 1. The minimum atomic E-state index is -2.27. The third-order valence-corrected chi connectivity index (χ3v) is 6.12. The first-order valence-corrected chi connectivity index (χ1v) is 9.92. The molecule has 124 valence electrons. The first-order chi connectivity index (χ1) is 10.3. The zero-order valence-electron chi connectivity index (χ0n) is 15.0. The molecule has 0 saturated carbocycles. The average molecular weight is 322 g/mol. The minimum absolute atomic E-state index is 0.0533. The fraction of sp³-hybridized carbons (Fsp3) is 0.632. The van der Waals surface area contributed by atoms with Crippen LogP contribution in [0, 0.1) is 26.7 Å². The summed E-state index contributed by atoms with van der Waals surface area (Å²) in [6.07, 6.45) is 3.92. The molecule has 1 aromatic rings. The Bertz CT molecular complexity index is 523. The molecule has 2 nitrogen and oxygen atoms in total. The van der Waals surface area contributed by atoms with Gasteiger partial charge in [0.15, 0.2) is 0 Å². The summed E-state index contributed by atoms with van der Waals surface area (Å²) < 4.78 is 12.9. The van der Waals surface area contributed by atoms with E-state index in [-0.39, 0.29) is 11.2 Å². The number of benzene rings is 1. The minimum Gasteiger partial charge on any atom is -0.318 e. The van der Waals surface area contributed by atoms with Gasteiger partial charge in [-0.2, -0.15) is 0 Å². The molecule has 0 spiro atoms. The number of hydrogen-bond acceptors (Lipinski definition) is 2. The van der Waals surface area contributed by atoms with E-state index < -0.39 is 7.80 Å². The fourth-order valence-corrected chi connectivity index (χ4v) is 5.39. The van der Waals surface area contributed by atoms with Gasteiger partial charge < -0.3 is 4.57 Å². The van der Waals surface area contributed by atoms with Crippen LogP contribution < -0.4 is 0 Å². The average Bonchev–Trinajstić information content (AvgIpc) is 2.40. The van der Waals surface area contributed by atoms with Crippen LogP contribution in [0.3, 0.4) is 0 Å². The van der Waals surface area contributed by atoms with Crippen LogP contribution in [0.2, 0.25) is 0 Å². The number of aryl methyl sites for hydroxylation is 3. The van der Waals surface area contributed by atoms with E-state index in [0.717, 1.165) is 42.4 Å². The summed E-state index contributed by atoms with van der Waals surface area (Å²) in [6.45, 7) is 12.3. The highest BCUT2D eigenvalue weighted by atomic mass is 31.1. The van der Waals surface area contributed by atoms with Gasteiger partial charge in [0.25, 0.3) is 0 Å². The molecule has 0 bridgehead atoms. The predicted molar refractivity (Wildman–Crippen MR) is 96.8 cm³/mol. The van der Waals surface area contributed by atoms with Crippen LogP contribution in [-0.4, -0.2) is 11.2 Å². The maximum atomic E-state index is 12.9. The molecule has 0 radical (unpaired) electrons. The summed E-state index contributed by atoms with van der Waals surface area (Å²) in [6, 6.07) is 4.03. The van der Waals surface area contributed by atoms with Gasteiger partial charge in [0.2, 0.25) is 5.52 Å². The Labute approximate surface area is 136 Å². The number of hydrogen-bond donors (Lipinski definition) is 0. The highest BCUT2D eigenvalue weighted by molar-refractivity contribution is 7.65. The van der Waals surface area contributed by atoms with E-state index >= 15 is 0 Å². The number of carbonyl (C=O) groups is 1. The maximum absolute atomic E-state index is 12.9. The van der Waals surface area contributed by atoms with Crippen molar-refractivity contribution in [1.29, 1.82) is 0 Å². The van der Waals surface area contributed by atoms with Crippen molar-refractivity contribution in [3.8, 4) is 0 Å². The van der Waals surface area contributed by atoms with E-state index in [1.165, 1.54) is 0 Å². The van der Waals surface area contributed by atoms with Crippen LogP contribution in [0.5, 0.6) is 0 Å². The van der Waals surface area contributed by atoms with Crippen molar-refractivity contribution in [2.24, 2.45) is 5.92 Å². The lowest BCUT2D eigenvalue weighted by atomic mass is 10.0. The molecule has 0 aliphatic heterocycles. The lowest BCUT2D eigenvalue weighted by Gasteiger charge is -2.19. The van der Waals surface area contributed by atoms with Gasteiger partial charge in [-0.1, -0.05) is 51.3 Å². The topological polar surface area (TPSA) is 34.1 Å². The Morgan fingerprint density at radius 3 is 2.14 bits per heavy atom. The number of unbranched alkanes of at least 4 members (excludes halogenated alkanes) is 1. The summed E-state index contributed by atoms with van der Waals surface area (Å²) in [5, 5.41) is 0. The highest BCUT2D eigenvalue weighted by Gasteiger charge is 2.26. The van der Waals surface area contributed by atoms with E-state index in [1.807, 2.05) is 32.9 Å². The van der Waals surface area contributed by atoms with Gasteiger partial charge >= 0.3 is 0 Å². The molecule has 0 aliphatic carbocycles. The van der Waals surface area contributed by atoms with Crippen LogP contribution in [0.4, 0.5) is 0 Å². The molecular weight excluding hydrogens is 291 g/mol. The van der Waals surface area contributed by atoms with Crippen molar-refractivity contribution in [1.82, 2.24) is 0 Å². The molecule has 1 rings (SSSR count). The molecule has 0 saturated heterocycles. The second-order valence-electron chi connectivity index (χ2n) is 6.94. The lowest BCUT2D eigenvalue weighted by Crippen LogP contribution is -2.12. The van der Waals surface area contributed by atoms with Crippen molar-refractivity contribution >= 4 is 13.3 Å². The smallest absolute Gasteiger partial charge is 0.219 e. The molecule has 0 aliphatic rings. The molecule has 0 fully saturated rings. The summed E-state index contributed by atoms with van der Waals surface area (Å²) in [5.74, 6) is 0.476. The van der Waals surface area contributed by atoms with Gasteiger partial charge in [0.05, 0.1) is 0 Å². The van der Waals surface area contributed by atoms with Crippen LogP contribution in [0.15, 0.2) is 12.1 Å². The first-order valence-electron chi connectivity index (χ1n) is 8.44. The summed E-state index contributed by atoms with van der Waals surface area (Å²) in [4.78, 5) is 12.8. The molecule has 1 aromatic carbocycles. The van der Waals surface area contributed by atoms with Crippen LogP contribution in [0.25, 0.3) is 0 Å². The molecule has 3 heteroatoms. The van der Waals surface area contributed by atoms with Gasteiger partial charge in [0, 0.05) is 11.2 Å². The Kier molecular flexibility index (Phi) is 7.56. The van der Waals surface area contributed by atoms with Crippen molar-refractivity contribution in [2.45, 2.75) is 72.9 Å². The maximum Gasteiger partial charge on any atom is 0.219 e. The molecule has 2 atom stereocenters. The molecule has 0 aromatic heterocycles. The van der Waals surface area contributed by atoms with Crippen molar-refractivity contribution < 1.29 is 9.36 Å². The summed E-state index contributed by atoms with van der Waals surface area (Å²) >= 11 is 0. The highest BCUT2D eigenvalue weighted by Crippen LogP contribution is 2.40. The quantitative estimate of drug-likeness (QED) is 0.557. The second kappa shape index (κ2) is 8.67. The third-order valence-electron chi connectivity index (χ3n) is 4.16. The van der Waals surface area contributed by atoms with Crippen LogP contribution in [-0.2, 0) is 4.57 Å². The second-order valence-corrected chi connectivity index (χ2v) is 8.93. The van der Waals surface area contributed by atoms with E-state index in [1.54, 1.807) is 0 Å². The molecule has 0 N–H and O–H groups in total. The molecular formula is C19H31O2P. The van der Waals surface area contributed by atoms with Crippen LogP contribution >= 0.6 is 7.80 Å². The largest absolute Gasteiger partial charge is 0.318 e. The van der Waals surface area contributed by atoms with Crippen molar-refractivity contribution in [2.75, 3.05) is 0 Å². The molecule has 22 heavy (non-hydrogen) atoms. The van der Waals surface area contributed by atoms with Gasteiger partial charge in [-0.3, -0.25) is 4.79 Å². The van der Waals surface area contributed by atoms with Crippen molar-refractivity contribution in [3.63, 3.8) is 0 Å². The zero-order valence-corrected chi connectivity index (χ0v) is 16.0.